The largest absolute Gasteiger partial charge is 0.0654 e. The Balaban J connectivity index is 2.62. The molecular formula is C15H23Br. The molecule has 0 fully saturated rings. The minimum absolute atomic E-state index is 0.771. The van der Waals surface area contributed by atoms with Gasteiger partial charge in [-0.3, -0.25) is 0 Å². The van der Waals surface area contributed by atoms with E-state index in [-0.39, 0.29) is 0 Å². The van der Waals surface area contributed by atoms with Crippen LogP contribution < -0.4 is 0 Å². The number of benzene rings is 1. The molecule has 16 heavy (non-hydrogen) atoms. The van der Waals surface area contributed by atoms with Gasteiger partial charge in [0.15, 0.2) is 0 Å². The van der Waals surface area contributed by atoms with E-state index in [0.29, 0.717) is 0 Å². The van der Waals surface area contributed by atoms with Crippen molar-refractivity contribution in [2.24, 2.45) is 0 Å². The molecule has 0 aliphatic carbocycles. The molecule has 1 rings (SSSR count). The topological polar surface area (TPSA) is 0 Å². The lowest BCUT2D eigenvalue weighted by Gasteiger charge is -2.16. The van der Waals surface area contributed by atoms with Crippen LogP contribution in [0.1, 0.15) is 63.9 Å². The zero-order valence-electron chi connectivity index (χ0n) is 10.5. The highest BCUT2D eigenvalue weighted by molar-refractivity contribution is 9.10. The van der Waals surface area contributed by atoms with E-state index in [9.17, 15) is 0 Å². The fourth-order valence-electron chi connectivity index (χ4n) is 2.11. The minimum atomic E-state index is 0.771. The van der Waals surface area contributed by atoms with Crippen LogP contribution in [-0.4, -0.2) is 0 Å². The Kier molecular flexibility index (Phi) is 6.79. The first-order chi connectivity index (χ1) is 7.77. The van der Waals surface area contributed by atoms with Gasteiger partial charge in [0.25, 0.3) is 0 Å². The van der Waals surface area contributed by atoms with Crippen molar-refractivity contribution >= 4 is 15.9 Å². The predicted octanol–water partition coefficient (Wildman–Crippen LogP) is 5.91. The molecule has 0 aromatic heterocycles. The van der Waals surface area contributed by atoms with Crippen LogP contribution in [0.4, 0.5) is 0 Å². The summed E-state index contributed by atoms with van der Waals surface area (Å²) in [5, 5.41) is 0. The van der Waals surface area contributed by atoms with Crippen molar-refractivity contribution in [1.29, 1.82) is 0 Å². The van der Waals surface area contributed by atoms with Crippen molar-refractivity contribution in [3.05, 3.63) is 34.3 Å². The van der Waals surface area contributed by atoms with Gasteiger partial charge in [0.1, 0.15) is 0 Å². The second-order valence-corrected chi connectivity index (χ2v) is 5.45. The molecule has 0 N–H and O–H groups in total. The third-order valence-electron chi connectivity index (χ3n) is 3.15. The van der Waals surface area contributed by atoms with E-state index in [1.165, 1.54) is 48.6 Å². The van der Waals surface area contributed by atoms with E-state index in [0.717, 1.165) is 5.92 Å². The second kappa shape index (κ2) is 7.89. The van der Waals surface area contributed by atoms with Gasteiger partial charge in [-0.05, 0) is 36.5 Å². The average Bonchev–Trinajstić information content (AvgIpc) is 2.31. The highest BCUT2D eigenvalue weighted by atomic mass is 79.9. The van der Waals surface area contributed by atoms with Crippen molar-refractivity contribution in [2.45, 2.75) is 58.3 Å². The summed E-state index contributed by atoms with van der Waals surface area (Å²) >= 11 is 3.50. The summed E-state index contributed by atoms with van der Waals surface area (Å²) in [4.78, 5) is 0. The molecule has 0 atom stereocenters. The predicted molar refractivity (Wildman–Crippen MR) is 75.9 cm³/mol. The summed E-state index contributed by atoms with van der Waals surface area (Å²) in [5.74, 6) is 0.771. The Hall–Kier alpha value is -0.300. The van der Waals surface area contributed by atoms with Crippen molar-refractivity contribution in [3.8, 4) is 0 Å². The van der Waals surface area contributed by atoms with Gasteiger partial charge in [-0.2, -0.15) is 0 Å². The van der Waals surface area contributed by atoms with Gasteiger partial charge in [-0.15, -0.1) is 0 Å². The van der Waals surface area contributed by atoms with Crippen molar-refractivity contribution in [3.63, 3.8) is 0 Å². The fourth-order valence-corrected chi connectivity index (χ4v) is 2.38. The average molecular weight is 283 g/mol. The summed E-state index contributed by atoms with van der Waals surface area (Å²) < 4.78 is 1.18. The van der Waals surface area contributed by atoms with Gasteiger partial charge < -0.3 is 0 Å². The quantitative estimate of drug-likeness (QED) is 0.583. The Morgan fingerprint density at radius 2 is 1.44 bits per heavy atom. The third kappa shape index (κ3) is 4.69. The SMILES string of the molecule is CCCCC(CCCC)c1ccc(Br)cc1. The number of halogens is 1. The van der Waals surface area contributed by atoms with Gasteiger partial charge in [0.2, 0.25) is 0 Å². The summed E-state index contributed by atoms with van der Waals surface area (Å²) in [5.41, 5.74) is 1.52. The van der Waals surface area contributed by atoms with Gasteiger partial charge in [0.05, 0.1) is 0 Å². The molecule has 1 aromatic carbocycles. The lowest BCUT2D eigenvalue weighted by Crippen LogP contribution is -1.99. The minimum Gasteiger partial charge on any atom is -0.0654 e. The van der Waals surface area contributed by atoms with Gasteiger partial charge in [-0.1, -0.05) is 67.6 Å². The molecule has 0 radical (unpaired) electrons. The van der Waals surface area contributed by atoms with E-state index in [2.05, 4.69) is 54.0 Å². The first kappa shape index (κ1) is 13.8. The molecule has 0 aliphatic heterocycles. The van der Waals surface area contributed by atoms with E-state index in [4.69, 9.17) is 0 Å². The van der Waals surface area contributed by atoms with Crippen LogP contribution in [0.5, 0.6) is 0 Å². The molecule has 0 aliphatic rings. The van der Waals surface area contributed by atoms with E-state index < -0.39 is 0 Å². The zero-order valence-corrected chi connectivity index (χ0v) is 12.1. The molecule has 90 valence electrons. The van der Waals surface area contributed by atoms with Crippen molar-refractivity contribution in [1.82, 2.24) is 0 Å². The second-order valence-electron chi connectivity index (χ2n) is 4.53. The molecular weight excluding hydrogens is 260 g/mol. The fraction of sp³-hybridized carbons (Fsp3) is 0.600. The summed E-state index contributed by atoms with van der Waals surface area (Å²) in [6, 6.07) is 8.89. The van der Waals surface area contributed by atoms with E-state index in [1.807, 2.05) is 0 Å². The lowest BCUT2D eigenvalue weighted by molar-refractivity contribution is 0.525. The molecule has 0 amide bonds. The summed E-state index contributed by atoms with van der Waals surface area (Å²) in [7, 11) is 0. The normalized spacial score (nSPS) is 11.0. The number of hydrogen-bond donors (Lipinski definition) is 0. The van der Waals surface area contributed by atoms with Gasteiger partial charge >= 0.3 is 0 Å². The molecule has 0 bridgehead atoms. The first-order valence-electron chi connectivity index (χ1n) is 6.53. The Labute approximate surface area is 109 Å². The first-order valence-corrected chi connectivity index (χ1v) is 7.32. The smallest absolute Gasteiger partial charge is 0.0175 e. The Morgan fingerprint density at radius 1 is 0.938 bits per heavy atom. The molecule has 1 heteroatoms. The lowest BCUT2D eigenvalue weighted by atomic mass is 9.89. The molecule has 0 saturated carbocycles. The van der Waals surface area contributed by atoms with Crippen molar-refractivity contribution in [2.75, 3.05) is 0 Å². The van der Waals surface area contributed by atoms with E-state index >= 15 is 0 Å². The standard InChI is InChI=1S/C15H23Br/c1-3-5-7-13(8-6-4-2)14-9-11-15(16)12-10-14/h9-13H,3-8H2,1-2H3. The Bertz CT molecular complexity index is 268. The van der Waals surface area contributed by atoms with Crippen LogP contribution in [0.25, 0.3) is 0 Å². The van der Waals surface area contributed by atoms with Crippen LogP contribution in [0.2, 0.25) is 0 Å². The van der Waals surface area contributed by atoms with Crippen molar-refractivity contribution < 1.29 is 0 Å². The number of unbranched alkanes of at least 4 members (excludes halogenated alkanes) is 2. The van der Waals surface area contributed by atoms with Gasteiger partial charge in [0, 0.05) is 4.47 Å². The molecule has 0 saturated heterocycles. The maximum atomic E-state index is 3.50. The maximum Gasteiger partial charge on any atom is 0.0175 e. The molecule has 0 nitrogen and oxygen atoms in total. The molecule has 1 aromatic rings. The highest BCUT2D eigenvalue weighted by Crippen LogP contribution is 2.28. The van der Waals surface area contributed by atoms with E-state index in [1.54, 1.807) is 0 Å². The van der Waals surface area contributed by atoms with Crippen LogP contribution in [0.3, 0.4) is 0 Å². The van der Waals surface area contributed by atoms with Crippen LogP contribution in [0, 0.1) is 0 Å². The molecule has 0 heterocycles. The molecule has 0 spiro atoms. The summed E-state index contributed by atoms with van der Waals surface area (Å²) in [6.45, 7) is 4.55. The zero-order chi connectivity index (χ0) is 11.8. The van der Waals surface area contributed by atoms with Crippen LogP contribution in [-0.2, 0) is 0 Å². The highest BCUT2D eigenvalue weighted by Gasteiger charge is 2.10. The Morgan fingerprint density at radius 3 is 1.88 bits per heavy atom. The van der Waals surface area contributed by atoms with Gasteiger partial charge in [-0.25, -0.2) is 0 Å². The third-order valence-corrected chi connectivity index (χ3v) is 3.68. The monoisotopic (exact) mass is 282 g/mol. The molecule has 0 unspecified atom stereocenters. The van der Waals surface area contributed by atoms with Crippen LogP contribution in [0.15, 0.2) is 28.7 Å². The number of hydrogen-bond acceptors (Lipinski definition) is 0. The maximum absolute atomic E-state index is 3.50. The van der Waals surface area contributed by atoms with Crippen LogP contribution >= 0.6 is 15.9 Å². The summed E-state index contributed by atoms with van der Waals surface area (Å²) in [6.07, 6.45) is 8.00. The number of rotatable bonds is 7.